The molecule has 1 fully saturated rings. The van der Waals surface area contributed by atoms with Gasteiger partial charge >= 0.3 is 0 Å². The minimum absolute atomic E-state index is 0.159. The van der Waals surface area contributed by atoms with Gasteiger partial charge in [-0.1, -0.05) is 43.9 Å². The molecule has 1 aromatic carbocycles. The first kappa shape index (κ1) is 21.9. The number of carbonyl (C=O) groups excluding carboxylic acids is 2. The third-order valence-corrected chi connectivity index (χ3v) is 5.90. The van der Waals surface area contributed by atoms with E-state index in [-0.39, 0.29) is 29.2 Å². The molecule has 3 N–H and O–H groups in total. The van der Waals surface area contributed by atoms with Gasteiger partial charge in [-0.2, -0.15) is 0 Å². The standard InChI is InChI=1S/C21H22N2O5S2/c1-12(2)18(19(26)22-8-7-13-5-6-15(24)16(25)10-13)23-20(27)17(30-21(23)29)11-14-4-3-9-28-14/h3-6,9-12,18,24-25H,7-8H2,1-2H3,(H,22,26). The van der Waals surface area contributed by atoms with E-state index in [0.29, 0.717) is 28.0 Å². The van der Waals surface area contributed by atoms with Crippen LogP contribution in [0.3, 0.4) is 0 Å². The van der Waals surface area contributed by atoms with Crippen molar-refractivity contribution >= 4 is 46.2 Å². The van der Waals surface area contributed by atoms with Crippen molar-refractivity contribution in [1.29, 1.82) is 0 Å². The maximum absolute atomic E-state index is 12.9. The van der Waals surface area contributed by atoms with E-state index < -0.39 is 6.04 Å². The van der Waals surface area contributed by atoms with E-state index >= 15 is 0 Å². The molecule has 1 unspecified atom stereocenters. The van der Waals surface area contributed by atoms with Crippen LogP contribution in [0.15, 0.2) is 45.9 Å². The van der Waals surface area contributed by atoms with E-state index in [2.05, 4.69) is 5.32 Å². The molecular weight excluding hydrogens is 424 g/mol. The fourth-order valence-corrected chi connectivity index (χ4v) is 4.41. The lowest BCUT2D eigenvalue weighted by Crippen LogP contribution is -2.51. The molecule has 2 heterocycles. The van der Waals surface area contributed by atoms with Crippen LogP contribution >= 0.6 is 24.0 Å². The Balaban J connectivity index is 1.68. The van der Waals surface area contributed by atoms with E-state index in [1.54, 1.807) is 24.3 Å². The summed E-state index contributed by atoms with van der Waals surface area (Å²) < 4.78 is 5.59. The zero-order valence-corrected chi connectivity index (χ0v) is 18.1. The molecule has 2 amide bonds. The van der Waals surface area contributed by atoms with Gasteiger partial charge in [-0.05, 0) is 42.2 Å². The Labute approximate surface area is 183 Å². The highest BCUT2D eigenvalue weighted by Gasteiger charge is 2.41. The smallest absolute Gasteiger partial charge is 0.267 e. The number of rotatable bonds is 7. The molecule has 3 rings (SSSR count). The van der Waals surface area contributed by atoms with Crippen LogP contribution in [0.5, 0.6) is 11.5 Å². The Bertz CT molecular complexity index is 985. The molecule has 1 atom stereocenters. The molecule has 0 saturated carbocycles. The first-order valence-electron chi connectivity index (χ1n) is 9.37. The lowest BCUT2D eigenvalue weighted by Gasteiger charge is -2.29. The summed E-state index contributed by atoms with van der Waals surface area (Å²) >= 11 is 6.53. The van der Waals surface area contributed by atoms with Gasteiger partial charge in [-0.25, -0.2) is 0 Å². The number of nitrogens with zero attached hydrogens (tertiary/aromatic N) is 1. The number of aromatic hydroxyl groups is 2. The highest BCUT2D eigenvalue weighted by molar-refractivity contribution is 8.26. The van der Waals surface area contributed by atoms with Crippen molar-refractivity contribution in [1.82, 2.24) is 10.2 Å². The lowest BCUT2D eigenvalue weighted by atomic mass is 10.0. The Hall–Kier alpha value is -2.78. The minimum Gasteiger partial charge on any atom is -0.504 e. The average molecular weight is 447 g/mol. The molecule has 1 aromatic heterocycles. The van der Waals surface area contributed by atoms with Crippen LogP contribution in [-0.4, -0.2) is 43.8 Å². The number of thiocarbonyl (C=S) groups is 1. The van der Waals surface area contributed by atoms with Gasteiger partial charge in [0, 0.05) is 12.6 Å². The summed E-state index contributed by atoms with van der Waals surface area (Å²) in [4.78, 5) is 27.6. The molecule has 1 aliphatic heterocycles. The summed E-state index contributed by atoms with van der Waals surface area (Å²) in [5.41, 5.74) is 0.763. The molecule has 1 saturated heterocycles. The Morgan fingerprint density at radius 2 is 2.07 bits per heavy atom. The predicted molar refractivity (Wildman–Crippen MR) is 119 cm³/mol. The second kappa shape index (κ2) is 9.36. The van der Waals surface area contributed by atoms with Gasteiger partial charge in [0.2, 0.25) is 5.91 Å². The largest absolute Gasteiger partial charge is 0.504 e. The van der Waals surface area contributed by atoms with Gasteiger partial charge in [-0.15, -0.1) is 0 Å². The zero-order chi connectivity index (χ0) is 21.8. The van der Waals surface area contributed by atoms with Crippen molar-refractivity contribution in [2.24, 2.45) is 5.92 Å². The molecule has 1 aliphatic rings. The Morgan fingerprint density at radius 3 is 2.70 bits per heavy atom. The molecule has 158 valence electrons. The van der Waals surface area contributed by atoms with Crippen molar-refractivity contribution in [2.45, 2.75) is 26.3 Å². The van der Waals surface area contributed by atoms with E-state index in [1.807, 2.05) is 13.8 Å². The van der Waals surface area contributed by atoms with Crippen molar-refractivity contribution in [3.05, 3.63) is 52.8 Å². The number of hydrogen-bond donors (Lipinski definition) is 3. The first-order chi connectivity index (χ1) is 14.3. The molecule has 0 radical (unpaired) electrons. The summed E-state index contributed by atoms with van der Waals surface area (Å²) in [6.07, 6.45) is 3.60. The third kappa shape index (κ3) is 4.85. The van der Waals surface area contributed by atoms with Gasteiger partial charge in [-0.3, -0.25) is 14.5 Å². The summed E-state index contributed by atoms with van der Waals surface area (Å²) in [7, 11) is 0. The fraction of sp³-hybridized carbons (Fsp3) is 0.286. The molecule has 9 heteroatoms. The second-order valence-corrected chi connectivity index (χ2v) is 8.80. The average Bonchev–Trinajstić information content (AvgIpc) is 3.28. The number of nitrogens with one attached hydrogen (secondary N) is 1. The van der Waals surface area contributed by atoms with Gasteiger partial charge in [0.1, 0.15) is 16.1 Å². The van der Waals surface area contributed by atoms with Crippen LogP contribution < -0.4 is 5.32 Å². The third-order valence-electron chi connectivity index (χ3n) is 4.57. The zero-order valence-electron chi connectivity index (χ0n) is 16.5. The summed E-state index contributed by atoms with van der Waals surface area (Å²) in [6, 6.07) is 7.24. The van der Waals surface area contributed by atoms with Crippen LogP contribution in [0.1, 0.15) is 25.2 Å². The van der Waals surface area contributed by atoms with Gasteiger partial charge < -0.3 is 19.9 Å². The van der Waals surface area contributed by atoms with Gasteiger partial charge in [0.05, 0.1) is 11.2 Å². The van der Waals surface area contributed by atoms with Crippen molar-refractivity contribution in [3.8, 4) is 11.5 Å². The number of carbonyl (C=O) groups is 2. The maximum atomic E-state index is 12.9. The number of furan rings is 1. The van der Waals surface area contributed by atoms with Gasteiger partial charge in [0.15, 0.2) is 11.5 Å². The number of thioether (sulfide) groups is 1. The molecule has 7 nitrogen and oxygen atoms in total. The summed E-state index contributed by atoms with van der Waals surface area (Å²) in [5, 5.41) is 21.8. The highest BCUT2D eigenvalue weighted by atomic mass is 32.2. The first-order valence-corrected chi connectivity index (χ1v) is 10.6. The number of benzene rings is 1. The molecule has 0 bridgehead atoms. The SMILES string of the molecule is CC(C)C(C(=O)NCCc1ccc(O)c(O)c1)N1C(=O)C(=Cc2ccco2)SC1=S. The van der Waals surface area contributed by atoms with E-state index in [4.69, 9.17) is 16.6 Å². The molecule has 0 aliphatic carbocycles. The quantitative estimate of drug-likeness (QED) is 0.341. The monoisotopic (exact) mass is 446 g/mol. The van der Waals surface area contributed by atoms with Crippen LogP contribution in [0.25, 0.3) is 6.08 Å². The molecule has 30 heavy (non-hydrogen) atoms. The van der Waals surface area contributed by atoms with Crippen molar-refractivity contribution in [3.63, 3.8) is 0 Å². The highest BCUT2D eigenvalue weighted by Crippen LogP contribution is 2.35. The molecular formula is C21H22N2O5S2. The summed E-state index contributed by atoms with van der Waals surface area (Å²) in [6.45, 7) is 4.03. The number of amides is 2. The normalized spacial score (nSPS) is 16.5. The van der Waals surface area contributed by atoms with Crippen LogP contribution in [0, 0.1) is 5.92 Å². The van der Waals surface area contributed by atoms with Crippen LogP contribution in [-0.2, 0) is 16.0 Å². The van der Waals surface area contributed by atoms with Gasteiger partial charge in [0.25, 0.3) is 5.91 Å². The molecule has 0 spiro atoms. The number of phenolic OH excluding ortho intramolecular Hbond substituents is 2. The topological polar surface area (TPSA) is 103 Å². The lowest BCUT2D eigenvalue weighted by molar-refractivity contribution is -0.134. The predicted octanol–water partition coefficient (Wildman–Crippen LogP) is 3.28. The van der Waals surface area contributed by atoms with Crippen LogP contribution in [0.4, 0.5) is 0 Å². The Kier molecular flexibility index (Phi) is 6.84. The second-order valence-electron chi connectivity index (χ2n) is 7.12. The van der Waals surface area contributed by atoms with E-state index in [0.717, 1.165) is 17.3 Å². The minimum atomic E-state index is -0.742. The number of phenols is 2. The maximum Gasteiger partial charge on any atom is 0.267 e. The Morgan fingerprint density at radius 1 is 1.30 bits per heavy atom. The van der Waals surface area contributed by atoms with Crippen molar-refractivity contribution < 1.29 is 24.2 Å². The summed E-state index contributed by atoms with van der Waals surface area (Å²) in [5.74, 6) is -0.645. The van der Waals surface area contributed by atoms with Crippen LogP contribution in [0.2, 0.25) is 0 Å². The fourth-order valence-electron chi connectivity index (χ4n) is 3.10. The van der Waals surface area contributed by atoms with E-state index in [1.165, 1.54) is 23.3 Å². The van der Waals surface area contributed by atoms with Crippen molar-refractivity contribution in [2.75, 3.05) is 6.54 Å². The van der Waals surface area contributed by atoms with E-state index in [9.17, 15) is 19.8 Å². The molecule has 2 aromatic rings. The number of hydrogen-bond acceptors (Lipinski definition) is 7.